The Balaban J connectivity index is 1.44. The molecule has 0 radical (unpaired) electrons. The fourth-order valence-electron chi connectivity index (χ4n) is 3.21. The molecule has 1 N–H and O–H groups in total. The highest BCUT2D eigenvalue weighted by Crippen LogP contribution is 2.30. The van der Waals surface area contributed by atoms with Crippen LogP contribution in [0.5, 0.6) is 11.5 Å². The fraction of sp³-hybridized carbons (Fsp3) is 0.160. The molecule has 1 heterocycles. The summed E-state index contributed by atoms with van der Waals surface area (Å²) in [6, 6.07) is 24.3. The average Bonchev–Trinajstić information content (AvgIpc) is 3.33. The van der Waals surface area contributed by atoms with Crippen molar-refractivity contribution in [2.24, 2.45) is 0 Å². The molecular weight excluding hydrogens is 406 g/mol. The Morgan fingerprint density at radius 2 is 1.72 bits per heavy atom. The largest absolute Gasteiger partial charge is 0.497 e. The summed E-state index contributed by atoms with van der Waals surface area (Å²) in [6.07, 6.45) is 0. The van der Waals surface area contributed by atoms with Crippen LogP contribution in [-0.2, 0) is 4.79 Å². The van der Waals surface area contributed by atoms with E-state index >= 15 is 0 Å². The summed E-state index contributed by atoms with van der Waals surface area (Å²) in [5.74, 6) is 1.77. The molecule has 1 unspecified atom stereocenters. The summed E-state index contributed by atoms with van der Waals surface area (Å²) in [4.78, 5) is 16.9. The zero-order valence-corrected chi connectivity index (χ0v) is 17.8. The van der Waals surface area contributed by atoms with E-state index in [-0.39, 0.29) is 18.6 Å². The first kappa shape index (κ1) is 21.1. The molecule has 0 aliphatic rings. The molecule has 1 atom stereocenters. The van der Waals surface area contributed by atoms with Gasteiger partial charge in [0.15, 0.2) is 6.61 Å². The van der Waals surface area contributed by atoms with Gasteiger partial charge in [-0.1, -0.05) is 47.6 Å². The van der Waals surface area contributed by atoms with Gasteiger partial charge < -0.3 is 19.3 Å². The predicted molar refractivity (Wildman–Crippen MR) is 120 cm³/mol. The number of nitrogens with zero attached hydrogens (tertiary/aromatic N) is 2. The fourth-order valence-corrected chi connectivity index (χ4v) is 3.21. The summed E-state index contributed by atoms with van der Waals surface area (Å²) in [6.45, 7) is 1.80. The van der Waals surface area contributed by atoms with Crippen molar-refractivity contribution in [3.8, 4) is 34.3 Å². The first-order chi connectivity index (χ1) is 15.6. The Hall–Kier alpha value is -4.13. The Kier molecular flexibility index (Phi) is 6.46. The van der Waals surface area contributed by atoms with Crippen molar-refractivity contribution < 1.29 is 18.8 Å². The number of methoxy groups -OCH3 is 1. The molecule has 0 aliphatic heterocycles. The summed E-state index contributed by atoms with van der Waals surface area (Å²) < 4.78 is 16.4. The van der Waals surface area contributed by atoms with Crippen LogP contribution in [0, 0.1) is 0 Å². The van der Waals surface area contributed by atoms with Crippen LogP contribution in [0.3, 0.4) is 0 Å². The van der Waals surface area contributed by atoms with E-state index in [2.05, 4.69) is 15.5 Å². The van der Waals surface area contributed by atoms with Crippen LogP contribution in [-0.4, -0.2) is 29.8 Å². The number of hydrogen-bond donors (Lipinski definition) is 1. The van der Waals surface area contributed by atoms with Crippen LogP contribution in [0.2, 0.25) is 0 Å². The summed E-state index contributed by atoms with van der Waals surface area (Å²) >= 11 is 0. The smallest absolute Gasteiger partial charge is 0.262 e. The lowest BCUT2D eigenvalue weighted by Gasteiger charge is -2.15. The third kappa shape index (κ3) is 4.95. The van der Waals surface area contributed by atoms with Crippen LogP contribution in [0.25, 0.3) is 22.8 Å². The third-order valence-corrected chi connectivity index (χ3v) is 4.93. The normalized spacial score (nSPS) is 11.6. The number of hydrogen-bond acceptors (Lipinski definition) is 6. The van der Waals surface area contributed by atoms with Crippen LogP contribution in [0.15, 0.2) is 83.4 Å². The standard InChI is InChI=1S/C25H23N3O4/c1-17(18-8-4-3-5-9-18)26-23(29)16-31-22-11-7-6-10-21(22)25-27-24(28-32-25)19-12-14-20(30-2)15-13-19/h3-15,17H,16H2,1-2H3,(H,26,29). The number of benzene rings is 3. The van der Waals surface area contributed by atoms with Crippen molar-refractivity contribution in [1.82, 2.24) is 15.5 Å². The van der Waals surface area contributed by atoms with Gasteiger partial charge in [0.2, 0.25) is 5.82 Å². The molecule has 1 amide bonds. The van der Waals surface area contributed by atoms with E-state index in [1.807, 2.05) is 79.7 Å². The molecule has 7 heteroatoms. The molecule has 3 aromatic carbocycles. The highest BCUT2D eigenvalue weighted by atomic mass is 16.5. The van der Waals surface area contributed by atoms with Crippen molar-refractivity contribution >= 4 is 5.91 Å². The number of amides is 1. The molecule has 162 valence electrons. The maximum absolute atomic E-state index is 12.4. The third-order valence-electron chi connectivity index (χ3n) is 4.93. The van der Waals surface area contributed by atoms with Crippen LogP contribution < -0.4 is 14.8 Å². The van der Waals surface area contributed by atoms with E-state index in [0.29, 0.717) is 23.0 Å². The van der Waals surface area contributed by atoms with Crippen molar-refractivity contribution in [1.29, 1.82) is 0 Å². The zero-order chi connectivity index (χ0) is 22.3. The van der Waals surface area contributed by atoms with Crippen molar-refractivity contribution in [3.63, 3.8) is 0 Å². The molecule has 32 heavy (non-hydrogen) atoms. The topological polar surface area (TPSA) is 86.5 Å². The van der Waals surface area contributed by atoms with E-state index < -0.39 is 0 Å². The number of nitrogens with one attached hydrogen (secondary N) is 1. The number of carbonyl (C=O) groups is 1. The molecule has 0 fully saturated rings. The lowest BCUT2D eigenvalue weighted by Crippen LogP contribution is -2.31. The molecule has 0 saturated heterocycles. The van der Waals surface area contributed by atoms with E-state index in [9.17, 15) is 4.79 Å². The first-order valence-corrected chi connectivity index (χ1v) is 10.2. The lowest BCUT2D eigenvalue weighted by atomic mass is 10.1. The second-order valence-corrected chi connectivity index (χ2v) is 7.14. The van der Waals surface area contributed by atoms with Gasteiger partial charge in [-0.3, -0.25) is 4.79 Å². The highest BCUT2D eigenvalue weighted by Gasteiger charge is 2.16. The molecule has 0 aliphatic carbocycles. The summed E-state index contributed by atoms with van der Waals surface area (Å²) in [7, 11) is 1.61. The van der Waals surface area contributed by atoms with Gasteiger partial charge in [-0.05, 0) is 48.9 Å². The van der Waals surface area contributed by atoms with Gasteiger partial charge >= 0.3 is 0 Å². The predicted octanol–water partition coefficient (Wildman–Crippen LogP) is 4.67. The summed E-state index contributed by atoms with van der Waals surface area (Å²) in [5, 5.41) is 7.00. The molecular formula is C25H23N3O4. The number of para-hydroxylation sites is 1. The van der Waals surface area contributed by atoms with Crippen LogP contribution in [0.4, 0.5) is 0 Å². The van der Waals surface area contributed by atoms with E-state index in [0.717, 1.165) is 16.9 Å². The Morgan fingerprint density at radius 1 is 1.00 bits per heavy atom. The van der Waals surface area contributed by atoms with Gasteiger partial charge in [0.1, 0.15) is 11.5 Å². The minimum absolute atomic E-state index is 0.120. The number of ether oxygens (including phenoxy) is 2. The average molecular weight is 429 g/mol. The monoisotopic (exact) mass is 429 g/mol. The Morgan fingerprint density at radius 3 is 2.47 bits per heavy atom. The number of rotatable bonds is 8. The van der Waals surface area contributed by atoms with Gasteiger partial charge in [0.05, 0.1) is 18.7 Å². The second-order valence-electron chi connectivity index (χ2n) is 7.14. The van der Waals surface area contributed by atoms with Crippen LogP contribution in [0.1, 0.15) is 18.5 Å². The van der Waals surface area contributed by atoms with Gasteiger partial charge in [-0.2, -0.15) is 4.98 Å². The molecule has 7 nitrogen and oxygen atoms in total. The molecule has 4 rings (SSSR count). The van der Waals surface area contributed by atoms with Gasteiger partial charge in [0, 0.05) is 5.56 Å². The van der Waals surface area contributed by atoms with Crippen molar-refractivity contribution in [2.45, 2.75) is 13.0 Å². The second kappa shape index (κ2) is 9.78. The maximum atomic E-state index is 12.4. The molecule has 0 spiro atoms. The van der Waals surface area contributed by atoms with E-state index in [4.69, 9.17) is 14.0 Å². The quantitative estimate of drug-likeness (QED) is 0.438. The lowest BCUT2D eigenvalue weighted by molar-refractivity contribution is -0.123. The number of carbonyl (C=O) groups excluding carboxylic acids is 1. The van der Waals surface area contributed by atoms with Crippen molar-refractivity contribution in [2.75, 3.05) is 13.7 Å². The SMILES string of the molecule is COc1ccc(-c2noc(-c3ccccc3OCC(=O)NC(C)c3ccccc3)n2)cc1. The number of aromatic nitrogens is 2. The Labute approximate surface area is 186 Å². The highest BCUT2D eigenvalue weighted by molar-refractivity contribution is 5.78. The summed E-state index contributed by atoms with van der Waals surface area (Å²) in [5.41, 5.74) is 2.44. The van der Waals surface area contributed by atoms with E-state index in [1.165, 1.54) is 0 Å². The van der Waals surface area contributed by atoms with Crippen LogP contribution >= 0.6 is 0 Å². The van der Waals surface area contributed by atoms with E-state index in [1.54, 1.807) is 13.2 Å². The Bertz CT molecular complexity index is 1170. The zero-order valence-electron chi connectivity index (χ0n) is 17.8. The van der Waals surface area contributed by atoms with Crippen molar-refractivity contribution in [3.05, 3.63) is 84.4 Å². The molecule has 0 bridgehead atoms. The minimum atomic E-state index is -0.222. The molecule has 4 aromatic rings. The molecule has 0 saturated carbocycles. The maximum Gasteiger partial charge on any atom is 0.262 e. The van der Waals surface area contributed by atoms with Gasteiger partial charge in [-0.15, -0.1) is 0 Å². The minimum Gasteiger partial charge on any atom is -0.497 e. The van der Waals surface area contributed by atoms with Gasteiger partial charge in [0.25, 0.3) is 11.8 Å². The van der Waals surface area contributed by atoms with Gasteiger partial charge in [-0.25, -0.2) is 0 Å². The molecule has 1 aromatic heterocycles. The first-order valence-electron chi connectivity index (χ1n) is 10.2.